The number of carbonyl (C=O) groups excluding carboxylic acids is 1. The molecule has 0 radical (unpaired) electrons. The molecule has 0 saturated carbocycles. The number of aromatic carboxylic acids is 1. The topological polar surface area (TPSA) is 88.5 Å². The summed E-state index contributed by atoms with van der Waals surface area (Å²) in [6.07, 6.45) is 3.31. The minimum atomic E-state index is -1.15. The first kappa shape index (κ1) is 17.5. The highest BCUT2D eigenvalue weighted by atomic mass is 16.5. The number of aryl methyl sites for hydroxylation is 1. The quantitative estimate of drug-likeness (QED) is 0.877. The Labute approximate surface area is 140 Å². The van der Waals surface area contributed by atoms with E-state index >= 15 is 0 Å². The van der Waals surface area contributed by atoms with Gasteiger partial charge in [-0.1, -0.05) is 13.8 Å². The Morgan fingerprint density at radius 1 is 1.17 bits per heavy atom. The maximum absolute atomic E-state index is 12.5. The summed E-state index contributed by atoms with van der Waals surface area (Å²) in [5, 5.41) is 12.0. The fourth-order valence-corrected chi connectivity index (χ4v) is 2.30. The Hall–Kier alpha value is -2.89. The molecule has 6 heteroatoms. The predicted octanol–water partition coefficient (Wildman–Crippen LogP) is 3.47. The van der Waals surface area contributed by atoms with Crippen LogP contribution in [0, 0.1) is 6.92 Å². The molecular formula is C18H20N2O4. The Morgan fingerprint density at radius 3 is 2.46 bits per heavy atom. The number of methoxy groups -OCH3 is 1. The summed E-state index contributed by atoms with van der Waals surface area (Å²) in [4.78, 5) is 28.0. The standard InChI is InChI=1S/C18H20N2O4/c1-10(2)12-6-13(9-19-8-12)20-17(21)14-7-15(18(22)23)16(24-4)5-11(14)3/h5-10H,1-4H3,(H,20,21)(H,22,23). The van der Waals surface area contributed by atoms with E-state index in [1.165, 1.54) is 13.2 Å². The number of hydrogen-bond donors (Lipinski definition) is 2. The zero-order valence-corrected chi connectivity index (χ0v) is 14.1. The minimum Gasteiger partial charge on any atom is -0.496 e. The monoisotopic (exact) mass is 328 g/mol. The summed E-state index contributed by atoms with van der Waals surface area (Å²) >= 11 is 0. The van der Waals surface area contributed by atoms with Crippen molar-refractivity contribution in [2.75, 3.05) is 12.4 Å². The van der Waals surface area contributed by atoms with Crippen LogP contribution in [0.3, 0.4) is 0 Å². The van der Waals surface area contributed by atoms with Crippen molar-refractivity contribution in [3.05, 3.63) is 52.8 Å². The van der Waals surface area contributed by atoms with Crippen molar-refractivity contribution in [2.24, 2.45) is 0 Å². The Balaban J connectivity index is 2.34. The number of pyridine rings is 1. The average molecular weight is 328 g/mol. The fourth-order valence-electron chi connectivity index (χ4n) is 2.30. The number of ether oxygens (including phenoxy) is 1. The lowest BCUT2D eigenvalue weighted by Crippen LogP contribution is -2.15. The summed E-state index contributed by atoms with van der Waals surface area (Å²) in [7, 11) is 1.39. The molecule has 0 saturated heterocycles. The molecule has 1 aromatic carbocycles. The molecular weight excluding hydrogens is 308 g/mol. The normalized spacial score (nSPS) is 10.5. The molecule has 0 unspecified atom stereocenters. The second kappa shape index (κ2) is 7.12. The van der Waals surface area contributed by atoms with Gasteiger partial charge in [0, 0.05) is 11.8 Å². The van der Waals surface area contributed by atoms with Crippen molar-refractivity contribution < 1.29 is 19.4 Å². The van der Waals surface area contributed by atoms with E-state index in [0.717, 1.165) is 5.56 Å². The molecule has 1 heterocycles. The van der Waals surface area contributed by atoms with Gasteiger partial charge in [0.15, 0.2) is 0 Å². The SMILES string of the molecule is COc1cc(C)c(C(=O)Nc2cncc(C(C)C)c2)cc1C(=O)O. The van der Waals surface area contributed by atoms with Gasteiger partial charge in [-0.2, -0.15) is 0 Å². The first-order chi connectivity index (χ1) is 11.3. The van der Waals surface area contributed by atoms with E-state index in [-0.39, 0.29) is 28.7 Å². The summed E-state index contributed by atoms with van der Waals surface area (Å²) in [5.41, 5.74) is 2.43. The zero-order valence-electron chi connectivity index (χ0n) is 14.1. The number of amides is 1. The maximum atomic E-state index is 12.5. The van der Waals surface area contributed by atoms with Crippen molar-refractivity contribution >= 4 is 17.6 Å². The van der Waals surface area contributed by atoms with Crippen molar-refractivity contribution in [3.63, 3.8) is 0 Å². The van der Waals surface area contributed by atoms with Crippen LogP contribution in [0.25, 0.3) is 0 Å². The number of carboxylic acids is 1. The van der Waals surface area contributed by atoms with E-state index in [2.05, 4.69) is 10.3 Å². The smallest absolute Gasteiger partial charge is 0.339 e. The molecule has 2 rings (SSSR count). The molecule has 0 aliphatic rings. The highest BCUT2D eigenvalue weighted by Gasteiger charge is 2.18. The molecule has 1 aromatic heterocycles. The van der Waals surface area contributed by atoms with Gasteiger partial charge in [0.1, 0.15) is 11.3 Å². The molecule has 0 spiro atoms. The van der Waals surface area contributed by atoms with Crippen LogP contribution in [0.1, 0.15) is 51.6 Å². The highest BCUT2D eigenvalue weighted by Crippen LogP contribution is 2.25. The van der Waals surface area contributed by atoms with E-state index in [4.69, 9.17) is 4.74 Å². The molecule has 0 bridgehead atoms. The van der Waals surface area contributed by atoms with E-state index in [0.29, 0.717) is 11.3 Å². The number of carbonyl (C=O) groups is 2. The highest BCUT2D eigenvalue weighted by molar-refractivity contribution is 6.07. The molecule has 0 aliphatic heterocycles. The summed E-state index contributed by atoms with van der Waals surface area (Å²) in [6.45, 7) is 5.80. The lowest BCUT2D eigenvalue weighted by molar-refractivity contribution is 0.0693. The van der Waals surface area contributed by atoms with Gasteiger partial charge in [0.25, 0.3) is 5.91 Å². The lowest BCUT2D eigenvalue weighted by Gasteiger charge is -2.12. The van der Waals surface area contributed by atoms with Crippen LogP contribution in [0.15, 0.2) is 30.6 Å². The van der Waals surface area contributed by atoms with Crippen LogP contribution in [0.5, 0.6) is 5.75 Å². The molecule has 2 N–H and O–H groups in total. The van der Waals surface area contributed by atoms with Gasteiger partial charge in [-0.05, 0) is 42.2 Å². The van der Waals surface area contributed by atoms with Gasteiger partial charge >= 0.3 is 5.97 Å². The molecule has 126 valence electrons. The Kier molecular flexibility index (Phi) is 5.18. The van der Waals surface area contributed by atoms with Crippen LogP contribution < -0.4 is 10.1 Å². The molecule has 2 aromatic rings. The molecule has 0 fully saturated rings. The van der Waals surface area contributed by atoms with Crippen LogP contribution in [0.2, 0.25) is 0 Å². The van der Waals surface area contributed by atoms with Crippen LogP contribution in [0.4, 0.5) is 5.69 Å². The fraction of sp³-hybridized carbons (Fsp3) is 0.278. The van der Waals surface area contributed by atoms with Crippen LogP contribution >= 0.6 is 0 Å². The first-order valence-electron chi connectivity index (χ1n) is 7.51. The van der Waals surface area contributed by atoms with E-state index < -0.39 is 5.97 Å². The van der Waals surface area contributed by atoms with Crippen molar-refractivity contribution in [2.45, 2.75) is 26.7 Å². The third-order valence-corrected chi connectivity index (χ3v) is 3.71. The Morgan fingerprint density at radius 2 is 1.88 bits per heavy atom. The summed E-state index contributed by atoms with van der Waals surface area (Å²) in [6, 6.07) is 4.72. The van der Waals surface area contributed by atoms with Gasteiger partial charge in [-0.3, -0.25) is 9.78 Å². The number of hydrogen-bond acceptors (Lipinski definition) is 4. The Bertz CT molecular complexity index is 785. The largest absolute Gasteiger partial charge is 0.496 e. The van der Waals surface area contributed by atoms with Crippen molar-refractivity contribution in [1.82, 2.24) is 4.98 Å². The number of benzene rings is 1. The average Bonchev–Trinajstić information content (AvgIpc) is 2.54. The van der Waals surface area contributed by atoms with Crippen molar-refractivity contribution in [1.29, 1.82) is 0 Å². The predicted molar refractivity (Wildman–Crippen MR) is 91.0 cm³/mol. The number of rotatable bonds is 5. The molecule has 24 heavy (non-hydrogen) atoms. The summed E-state index contributed by atoms with van der Waals surface area (Å²) < 4.78 is 5.06. The number of carboxylic acid groups (broad SMARTS) is 1. The third kappa shape index (κ3) is 3.71. The second-order valence-electron chi connectivity index (χ2n) is 5.79. The van der Waals surface area contributed by atoms with E-state index in [1.54, 1.807) is 25.4 Å². The van der Waals surface area contributed by atoms with Crippen molar-refractivity contribution in [3.8, 4) is 5.75 Å². The number of nitrogens with one attached hydrogen (secondary N) is 1. The minimum absolute atomic E-state index is 0.0534. The van der Waals surface area contributed by atoms with E-state index in [9.17, 15) is 14.7 Å². The molecule has 1 amide bonds. The maximum Gasteiger partial charge on any atom is 0.339 e. The molecule has 0 atom stereocenters. The number of aromatic nitrogens is 1. The van der Waals surface area contributed by atoms with Gasteiger partial charge < -0.3 is 15.2 Å². The van der Waals surface area contributed by atoms with Gasteiger partial charge in [0.05, 0.1) is 19.0 Å². The third-order valence-electron chi connectivity index (χ3n) is 3.71. The molecule has 0 aliphatic carbocycles. The van der Waals surface area contributed by atoms with Gasteiger partial charge in [-0.15, -0.1) is 0 Å². The second-order valence-corrected chi connectivity index (χ2v) is 5.79. The van der Waals surface area contributed by atoms with Crippen LogP contribution in [-0.2, 0) is 0 Å². The summed E-state index contributed by atoms with van der Waals surface area (Å²) in [5.74, 6) is -1.03. The zero-order chi connectivity index (χ0) is 17.9. The van der Waals surface area contributed by atoms with Gasteiger partial charge in [-0.25, -0.2) is 4.79 Å². The first-order valence-corrected chi connectivity index (χ1v) is 7.51. The molecule has 6 nitrogen and oxygen atoms in total. The van der Waals surface area contributed by atoms with Gasteiger partial charge in [0.2, 0.25) is 0 Å². The number of anilines is 1. The lowest BCUT2D eigenvalue weighted by atomic mass is 10.0. The van der Waals surface area contributed by atoms with Crippen LogP contribution in [-0.4, -0.2) is 29.1 Å². The number of nitrogens with zero attached hydrogens (tertiary/aromatic N) is 1. The van der Waals surface area contributed by atoms with E-state index in [1.807, 2.05) is 19.9 Å².